The number of H-pyrrole nitrogens is 1. The molecule has 23 heavy (non-hydrogen) atoms. The molecule has 0 bridgehead atoms. The number of fused-ring (bicyclic) bond motifs is 1. The van der Waals surface area contributed by atoms with Crippen LogP contribution in [0.15, 0.2) is 24.4 Å². The minimum atomic E-state index is -0.723. The average molecular weight is 317 g/mol. The predicted molar refractivity (Wildman–Crippen MR) is 85.5 cm³/mol. The van der Waals surface area contributed by atoms with E-state index < -0.39 is 5.41 Å². The fourth-order valence-corrected chi connectivity index (χ4v) is 3.16. The van der Waals surface area contributed by atoms with Gasteiger partial charge in [0.05, 0.1) is 5.41 Å². The van der Waals surface area contributed by atoms with Crippen LogP contribution in [0.5, 0.6) is 0 Å². The molecule has 0 radical (unpaired) electrons. The first-order valence-electron chi connectivity index (χ1n) is 7.69. The van der Waals surface area contributed by atoms with Gasteiger partial charge in [-0.25, -0.2) is 4.39 Å². The van der Waals surface area contributed by atoms with Crippen molar-refractivity contribution in [2.24, 2.45) is 0 Å². The summed E-state index contributed by atoms with van der Waals surface area (Å²) in [5.41, 5.74) is 0.821. The first-order chi connectivity index (χ1) is 10.9. The van der Waals surface area contributed by atoms with Gasteiger partial charge < -0.3 is 14.8 Å². The van der Waals surface area contributed by atoms with Crippen LogP contribution in [0.3, 0.4) is 0 Å². The number of nitrogens with one attached hydrogen (secondary N) is 1. The largest absolute Gasteiger partial charge is 0.361 e. The Kier molecular flexibility index (Phi) is 3.83. The Morgan fingerprint density at radius 2 is 1.96 bits per heavy atom. The lowest BCUT2D eigenvalue weighted by Gasteiger charge is -2.37. The molecule has 0 aliphatic carbocycles. The minimum absolute atomic E-state index is 0.0215. The zero-order valence-electron chi connectivity index (χ0n) is 13.3. The van der Waals surface area contributed by atoms with Crippen LogP contribution in [-0.2, 0) is 15.0 Å². The third kappa shape index (κ3) is 2.69. The second-order valence-electron chi connectivity index (χ2n) is 6.45. The standard InChI is InChI=1S/C17H20FN3O2/c1-17(2,16(23)21-7-5-20(11-22)6-8-21)14-10-19-15-9-12(18)3-4-13(14)15/h3-4,9-11,19H,5-8H2,1-2H3. The number of carbonyl (C=O) groups excluding carboxylic acids is 2. The molecule has 6 heteroatoms. The lowest BCUT2D eigenvalue weighted by Crippen LogP contribution is -2.52. The van der Waals surface area contributed by atoms with Gasteiger partial charge >= 0.3 is 0 Å². The highest BCUT2D eigenvalue weighted by Crippen LogP contribution is 2.32. The molecule has 2 aromatic rings. The van der Waals surface area contributed by atoms with Gasteiger partial charge in [-0.15, -0.1) is 0 Å². The van der Waals surface area contributed by atoms with E-state index in [1.165, 1.54) is 12.1 Å². The van der Waals surface area contributed by atoms with E-state index in [0.29, 0.717) is 31.7 Å². The van der Waals surface area contributed by atoms with Gasteiger partial charge in [0.25, 0.3) is 0 Å². The van der Waals surface area contributed by atoms with Gasteiger partial charge in [0.1, 0.15) is 5.82 Å². The molecule has 3 rings (SSSR count). The molecule has 0 unspecified atom stereocenters. The molecule has 1 aromatic heterocycles. The Bertz CT molecular complexity index is 745. The number of aromatic nitrogens is 1. The molecule has 2 heterocycles. The first kappa shape index (κ1) is 15.5. The molecule has 5 nitrogen and oxygen atoms in total. The molecule has 0 saturated carbocycles. The van der Waals surface area contributed by atoms with Crippen LogP contribution in [0.1, 0.15) is 19.4 Å². The maximum absolute atomic E-state index is 13.3. The van der Waals surface area contributed by atoms with Crippen molar-refractivity contribution in [3.63, 3.8) is 0 Å². The topological polar surface area (TPSA) is 56.4 Å². The summed E-state index contributed by atoms with van der Waals surface area (Å²) >= 11 is 0. The Morgan fingerprint density at radius 3 is 2.61 bits per heavy atom. The molecule has 1 saturated heterocycles. The molecule has 1 aliphatic rings. The third-order valence-electron chi connectivity index (χ3n) is 4.60. The quantitative estimate of drug-likeness (QED) is 0.879. The number of aromatic amines is 1. The smallest absolute Gasteiger partial charge is 0.232 e. The number of amides is 2. The predicted octanol–water partition coefficient (Wildman–Crippen LogP) is 1.89. The maximum Gasteiger partial charge on any atom is 0.232 e. The van der Waals surface area contributed by atoms with Crippen LogP contribution in [0.4, 0.5) is 4.39 Å². The zero-order valence-corrected chi connectivity index (χ0v) is 13.3. The monoisotopic (exact) mass is 317 g/mol. The molecule has 122 valence electrons. The second-order valence-corrected chi connectivity index (χ2v) is 6.45. The zero-order chi connectivity index (χ0) is 16.6. The number of hydrogen-bond donors (Lipinski definition) is 1. The highest BCUT2D eigenvalue weighted by Gasteiger charge is 2.36. The first-order valence-corrected chi connectivity index (χ1v) is 7.69. The van der Waals surface area contributed by atoms with E-state index >= 15 is 0 Å². The van der Waals surface area contributed by atoms with Crippen LogP contribution in [0.2, 0.25) is 0 Å². The average Bonchev–Trinajstić information content (AvgIpc) is 2.97. The summed E-state index contributed by atoms with van der Waals surface area (Å²) in [5.74, 6) is -0.284. The van der Waals surface area contributed by atoms with Gasteiger partial charge in [-0.1, -0.05) is 0 Å². The molecule has 2 amide bonds. The summed E-state index contributed by atoms with van der Waals surface area (Å²) in [6.45, 7) is 5.96. The number of rotatable bonds is 3. The van der Waals surface area contributed by atoms with Crippen molar-refractivity contribution in [2.75, 3.05) is 26.2 Å². The van der Waals surface area contributed by atoms with Crippen molar-refractivity contribution in [3.05, 3.63) is 35.8 Å². The van der Waals surface area contributed by atoms with Crippen molar-refractivity contribution in [2.45, 2.75) is 19.3 Å². The SMILES string of the molecule is CC(C)(C(=O)N1CCN(C=O)CC1)c1c[nH]c2cc(F)ccc12. The van der Waals surface area contributed by atoms with Crippen LogP contribution in [0, 0.1) is 5.82 Å². The van der Waals surface area contributed by atoms with E-state index in [0.717, 1.165) is 17.4 Å². The van der Waals surface area contributed by atoms with Crippen molar-refractivity contribution in [1.82, 2.24) is 14.8 Å². The van der Waals surface area contributed by atoms with Gasteiger partial charge in [-0.05, 0) is 37.6 Å². The van der Waals surface area contributed by atoms with Crippen LogP contribution >= 0.6 is 0 Å². The summed E-state index contributed by atoms with van der Waals surface area (Å²) in [4.78, 5) is 30.2. The van der Waals surface area contributed by atoms with Crippen molar-refractivity contribution < 1.29 is 14.0 Å². The van der Waals surface area contributed by atoms with Gasteiger partial charge in [0.2, 0.25) is 12.3 Å². The van der Waals surface area contributed by atoms with E-state index in [1.807, 2.05) is 13.8 Å². The van der Waals surface area contributed by atoms with Crippen LogP contribution < -0.4 is 0 Å². The van der Waals surface area contributed by atoms with Gasteiger partial charge in [0.15, 0.2) is 0 Å². The number of carbonyl (C=O) groups is 2. The molecule has 1 fully saturated rings. The lowest BCUT2D eigenvalue weighted by atomic mass is 9.82. The Labute approximate surface area is 134 Å². The van der Waals surface area contributed by atoms with E-state index in [4.69, 9.17) is 0 Å². The fourth-order valence-electron chi connectivity index (χ4n) is 3.16. The molecule has 0 atom stereocenters. The van der Waals surface area contributed by atoms with Crippen molar-refractivity contribution in [3.8, 4) is 0 Å². The Balaban J connectivity index is 1.87. The highest BCUT2D eigenvalue weighted by atomic mass is 19.1. The number of hydrogen-bond acceptors (Lipinski definition) is 2. The van der Waals surface area contributed by atoms with E-state index in [9.17, 15) is 14.0 Å². The van der Waals surface area contributed by atoms with Crippen molar-refractivity contribution in [1.29, 1.82) is 0 Å². The van der Waals surface area contributed by atoms with Gasteiger partial charge in [0, 0.05) is 43.3 Å². The number of benzene rings is 1. The van der Waals surface area contributed by atoms with Crippen LogP contribution in [0.25, 0.3) is 10.9 Å². The molecule has 1 N–H and O–H groups in total. The van der Waals surface area contributed by atoms with E-state index in [1.54, 1.807) is 22.1 Å². The molecule has 0 spiro atoms. The molecular formula is C17H20FN3O2. The molecule has 1 aliphatic heterocycles. The second kappa shape index (κ2) is 5.68. The lowest BCUT2D eigenvalue weighted by molar-refractivity contribution is -0.139. The van der Waals surface area contributed by atoms with E-state index in [2.05, 4.69) is 4.98 Å². The Morgan fingerprint density at radius 1 is 1.26 bits per heavy atom. The molecule has 1 aromatic carbocycles. The number of halogens is 1. The van der Waals surface area contributed by atoms with Gasteiger partial charge in [-0.2, -0.15) is 0 Å². The summed E-state index contributed by atoms with van der Waals surface area (Å²) in [6.07, 6.45) is 2.60. The Hall–Kier alpha value is -2.37. The summed E-state index contributed by atoms with van der Waals surface area (Å²) < 4.78 is 13.3. The summed E-state index contributed by atoms with van der Waals surface area (Å²) in [6, 6.07) is 4.54. The van der Waals surface area contributed by atoms with Crippen molar-refractivity contribution >= 4 is 23.2 Å². The molecular weight excluding hydrogens is 297 g/mol. The number of nitrogens with zero attached hydrogens (tertiary/aromatic N) is 2. The summed E-state index contributed by atoms with van der Waals surface area (Å²) in [5, 5.41) is 0.858. The third-order valence-corrected chi connectivity index (χ3v) is 4.60. The fraction of sp³-hybridized carbons (Fsp3) is 0.412. The van der Waals surface area contributed by atoms with E-state index in [-0.39, 0.29) is 11.7 Å². The van der Waals surface area contributed by atoms with Gasteiger partial charge in [-0.3, -0.25) is 9.59 Å². The minimum Gasteiger partial charge on any atom is -0.361 e. The highest BCUT2D eigenvalue weighted by molar-refractivity contribution is 5.94. The summed E-state index contributed by atoms with van der Waals surface area (Å²) in [7, 11) is 0. The normalized spacial score (nSPS) is 16.0. The number of piperazine rings is 1. The maximum atomic E-state index is 13.3. The van der Waals surface area contributed by atoms with Crippen LogP contribution in [-0.4, -0.2) is 53.3 Å².